The van der Waals surface area contributed by atoms with Crippen LogP contribution in [-0.4, -0.2) is 55.2 Å². The Kier molecular flexibility index (Phi) is 6.44. The van der Waals surface area contributed by atoms with E-state index in [-0.39, 0.29) is 0 Å². The van der Waals surface area contributed by atoms with Crippen LogP contribution in [0.3, 0.4) is 0 Å². The number of carboxylic acid groups (broad SMARTS) is 1. The molecule has 0 bridgehead atoms. The van der Waals surface area contributed by atoms with Gasteiger partial charge in [-0.05, 0) is 20.5 Å². The van der Waals surface area contributed by atoms with E-state index in [2.05, 4.69) is 10.6 Å². The molecule has 0 saturated carbocycles. The predicted molar refractivity (Wildman–Crippen MR) is 56.8 cm³/mol. The van der Waals surface area contributed by atoms with Crippen LogP contribution in [0.5, 0.6) is 0 Å². The van der Waals surface area contributed by atoms with Crippen LogP contribution in [-0.2, 0) is 4.79 Å². The summed E-state index contributed by atoms with van der Waals surface area (Å²) in [7, 11) is 3.79. The van der Waals surface area contributed by atoms with Gasteiger partial charge in [-0.1, -0.05) is 6.92 Å². The lowest BCUT2D eigenvalue weighted by Gasteiger charge is -2.14. The lowest BCUT2D eigenvalue weighted by molar-refractivity contribution is -0.139. The zero-order chi connectivity index (χ0) is 11.8. The zero-order valence-corrected chi connectivity index (χ0v) is 9.41. The van der Waals surface area contributed by atoms with Crippen LogP contribution in [0.2, 0.25) is 0 Å². The number of amides is 2. The molecular weight excluding hydrogens is 198 g/mol. The molecule has 1 atom stereocenters. The highest BCUT2D eigenvalue weighted by molar-refractivity contribution is 5.82. The molecule has 0 aliphatic heterocycles. The minimum Gasteiger partial charge on any atom is -0.480 e. The van der Waals surface area contributed by atoms with Crippen molar-refractivity contribution in [2.75, 3.05) is 27.2 Å². The van der Waals surface area contributed by atoms with Crippen molar-refractivity contribution in [2.45, 2.75) is 19.4 Å². The molecule has 0 aromatic rings. The molecule has 0 saturated heterocycles. The van der Waals surface area contributed by atoms with E-state index in [1.807, 2.05) is 19.0 Å². The van der Waals surface area contributed by atoms with Gasteiger partial charge in [0.2, 0.25) is 0 Å². The summed E-state index contributed by atoms with van der Waals surface area (Å²) in [6.07, 6.45) is 0.371. The van der Waals surface area contributed by atoms with Gasteiger partial charge in [0.05, 0.1) is 0 Å². The van der Waals surface area contributed by atoms with Gasteiger partial charge in [0.1, 0.15) is 6.04 Å². The Morgan fingerprint density at radius 2 is 2.00 bits per heavy atom. The first kappa shape index (κ1) is 13.7. The molecule has 3 N–H and O–H groups in total. The summed E-state index contributed by atoms with van der Waals surface area (Å²) in [5, 5.41) is 13.6. The zero-order valence-electron chi connectivity index (χ0n) is 9.41. The minimum atomic E-state index is -1.01. The number of carbonyl (C=O) groups is 2. The van der Waals surface area contributed by atoms with Crippen LogP contribution in [0, 0.1) is 0 Å². The average molecular weight is 217 g/mol. The first-order valence-corrected chi connectivity index (χ1v) is 4.89. The molecule has 1 unspecified atom stereocenters. The van der Waals surface area contributed by atoms with Gasteiger partial charge >= 0.3 is 12.0 Å². The van der Waals surface area contributed by atoms with Gasteiger partial charge in [0, 0.05) is 13.1 Å². The SMILES string of the molecule is CCC(NC(=O)NCCN(C)C)C(=O)O. The lowest BCUT2D eigenvalue weighted by Crippen LogP contribution is -2.46. The molecule has 0 aliphatic carbocycles. The monoisotopic (exact) mass is 217 g/mol. The highest BCUT2D eigenvalue weighted by Crippen LogP contribution is 1.89. The molecule has 0 aromatic heterocycles. The van der Waals surface area contributed by atoms with Crippen molar-refractivity contribution in [1.82, 2.24) is 15.5 Å². The van der Waals surface area contributed by atoms with Crippen LogP contribution in [0.15, 0.2) is 0 Å². The Labute approximate surface area is 89.6 Å². The highest BCUT2D eigenvalue weighted by atomic mass is 16.4. The van der Waals surface area contributed by atoms with E-state index in [4.69, 9.17) is 5.11 Å². The topological polar surface area (TPSA) is 81.7 Å². The van der Waals surface area contributed by atoms with Crippen molar-refractivity contribution in [3.05, 3.63) is 0 Å². The van der Waals surface area contributed by atoms with E-state index in [1.54, 1.807) is 6.92 Å². The maximum absolute atomic E-state index is 11.2. The van der Waals surface area contributed by atoms with Gasteiger partial charge in [0.25, 0.3) is 0 Å². The van der Waals surface area contributed by atoms with Crippen molar-refractivity contribution in [3.8, 4) is 0 Å². The van der Waals surface area contributed by atoms with Gasteiger partial charge in [-0.2, -0.15) is 0 Å². The Morgan fingerprint density at radius 3 is 2.40 bits per heavy atom. The van der Waals surface area contributed by atoms with Crippen LogP contribution < -0.4 is 10.6 Å². The number of hydrogen-bond acceptors (Lipinski definition) is 3. The number of likely N-dealkylation sites (N-methyl/N-ethyl adjacent to an activating group) is 1. The van der Waals surface area contributed by atoms with Gasteiger partial charge < -0.3 is 20.6 Å². The molecule has 2 amide bonds. The quantitative estimate of drug-likeness (QED) is 0.571. The van der Waals surface area contributed by atoms with Crippen molar-refractivity contribution >= 4 is 12.0 Å². The smallest absolute Gasteiger partial charge is 0.326 e. The second-order valence-electron chi connectivity index (χ2n) is 3.50. The molecular formula is C9H19N3O3. The van der Waals surface area contributed by atoms with Crippen molar-refractivity contribution in [2.24, 2.45) is 0 Å². The van der Waals surface area contributed by atoms with Crippen molar-refractivity contribution < 1.29 is 14.7 Å². The maximum Gasteiger partial charge on any atom is 0.326 e. The van der Waals surface area contributed by atoms with Crippen LogP contribution in [0.1, 0.15) is 13.3 Å². The Hall–Kier alpha value is -1.30. The normalized spacial score (nSPS) is 12.3. The van der Waals surface area contributed by atoms with E-state index >= 15 is 0 Å². The van der Waals surface area contributed by atoms with E-state index in [0.717, 1.165) is 6.54 Å². The molecule has 15 heavy (non-hydrogen) atoms. The average Bonchev–Trinajstić information content (AvgIpc) is 2.13. The molecule has 88 valence electrons. The molecule has 0 aliphatic rings. The number of carboxylic acids is 1. The van der Waals surface area contributed by atoms with E-state index < -0.39 is 18.0 Å². The fourth-order valence-electron chi connectivity index (χ4n) is 0.941. The number of rotatable bonds is 6. The standard InChI is InChI=1S/C9H19N3O3/c1-4-7(8(13)14)11-9(15)10-5-6-12(2)3/h7H,4-6H2,1-3H3,(H,13,14)(H2,10,11,15). The van der Waals surface area contributed by atoms with Gasteiger partial charge in [-0.15, -0.1) is 0 Å². The summed E-state index contributed by atoms with van der Waals surface area (Å²) >= 11 is 0. The maximum atomic E-state index is 11.2. The van der Waals surface area contributed by atoms with Crippen LogP contribution >= 0.6 is 0 Å². The molecule has 0 fully saturated rings. The third kappa shape index (κ3) is 6.73. The largest absolute Gasteiger partial charge is 0.480 e. The molecule has 0 heterocycles. The van der Waals surface area contributed by atoms with Gasteiger partial charge in [-0.3, -0.25) is 0 Å². The number of aliphatic carboxylic acids is 1. The molecule has 0 rings (SSSR count). The predicted octanol–water partition coefficient (Wildman–Crippen LogP) is -0.290. The molecule has 6 heteroatoms. The fraction of sp³-hybridized carbons (Fsp3) is 0.778. The van der Waals surface area contributed by atoms with Crippen molar-refractivity contribution in [3.63, 3.8) is 0 Å². The van der Waals surface area contributed by atoms with Crippen molar-refractivity contribution in [1.29, 1.82) is 0 Å². The van der Waals surface area contributed by atoms with E-state index in [1.165, 1.54) is 0 Å². The van der Waals surface area contributed by atoms with Crippen LogP contribution in [0.4, 0.5) is 4.79 Å². The molecule has 0 aromatic carbocycles. The number of nitrogens with one attached hydrogen (secondary N) is 2. The van der Waals surface area contributed by atoms with Gasteiger partial charge in [0.15, 0.2) is 0 Å². The summed E-state index contributed by atoms with van der Waals surface area (Å²) in [5.41, 5.74) is 0. The van der Waals surface area contributed by atoms with E-state index in [9.17, 15) is 9.59 Å². The second kappa shape index (κ2) is 7.05. The summed E-state index contributed by atoms with van der Waals surface area (Å²) in [5.74, 6) is -1.01. The Morgan fingerprint density at radius 1 is 1.40 bits per heavy atom. The number of hydrogen-bond donors (Lipinski definition) is 3. The summed E-state index contributed by atoms with van der Waals surface area (Å²) in [4.78, 5) is 23.7. The Balaban J connectivity index is 3.77. The number of urea groups is 1. The Bertz CT molecular complexity index is 219. The lowest BCUT2D eigenvalue weighted by atomic mass is 10.2. The summed E-state index contributed by atoms with van der Waals surface area (Å²) < 4.78 is 0. The third-order valence-electron chi connectivity index (χ3n) is 1.86. The third-order valence-corrected chi connectivity index (χ3v) is 1.86. The highest BCUT2D eigenvalue weighted by Gasteiger charge is 2.16. The first-order chi connectivity index (χ1) is 6.97. The van der Waals surface area contributed by atoms with Gasteiger partial charge in [-0.25, -0.2) is 9.59 Å². The number of carbonyl (C=O) groups excluding carboxylic acids is 1. The second-order valence-corrected chi connectivity index (χ2v) is 3.50. The van der Waals surface area contributed by atoms with E-state index in [0.29, 0.717) is 13.0 Å². The molecule has 0 radical (unpaired) electrons. The fourth-order valence-corrected chi connectivity index (χ4v) is 0.941. The summed E-state index contributed by atoms with van der Waals surface area (Å²) in [6, 6.07) is -1.25. The van der Waals surface area contributed by atoms with Crippen LogP contribution in [0.25, 0.3) is 0 Å². The molecule has 6 nitrogen and oxygen atoms in total. The summed E-state index contributed by atoms with van der Waals surface area (Å²) in [6.45, 7) is 2.92. The first-order valence-electron chi connectivity index (χ1n) is 4.89. The molecule has 0 spiro atoms. The minimum absolute atomic E-state index is 0.371. The number of nitrogens with zero attached hydrogens (tertiary/aromatic N) is 1.